The van der Waals surface area contributed by atoms with Crippen LogP contribution >= 0.6 is 46.7 Å². The van der Waals surface area contributed by atoms with Gasteiger partial charge in [0.1, 0.15) is 0 Å². The highest BCUT2D eigenvalue weighted by Crippen LogP contribution is 2.20. The minimum Gasteiger partial charge on any atom is -0.355 e. The fourth-order valence-electron chi connectivity index (χ4n) is 1.76. The van der Waals surface area contributed by atoms with Gasteiger partial charge in [0.2, 0.25) is 5.91 Å². The predicted molar refractivity (Wildman–Crippen MR) is 103 cm³/mol. The van der Waals surface area contributed by atoms with Crippen LogP contribution in [-0.2, 0) is 10.5 Å². The van der Waals surface area contributed by atoms with Crippen LogP contribution in [0.25, 0.3) is 0 Å². The maximum Gasteiger partial charge on any atom is 0.230 e. The van der Waals surface area contributed by atoms with Crippen molar-refractivity contribution in [1.82, 2.24) is 5.32 Å². The highest BCUT2D eigenvalue weighted by molar-refractivity contribution is 8.00. The largest absolute Gasteiger partial charge is 0.355 e. The molecule has 0 aliphatic rings. The average Bonchev–Trinajstić information content (AvgIpc) is 2.56. The van der Waals surface area contributed by atoms with E-state index in [1.165, 1.54) is 17.3 Å². The maximum absolute atomic E-state index is 11.8. The van der Waals surface area contributed by atoms with Crippen molar-refractivity contribution in [3.05, 3.63) is 64.1 Å². The quantitative estimate of drug-likeness (QED) is 0.503. The highest BCUT2D eigenvalue weighted by Gasteiger charge is 2.02. The third-order valence-corrected chi connectivity index (χ3v) is 5.48. The number of rotatable bonds is 8. The second-order valence-electron chi connectivity index (χ2n) is 4.77. The van der Waals surface area contributed by atoms with Crippen LogP contribution in [0.1, 0.15) is 5.56 Å². The second-order valence-corrected chi connectivity index (χ2v) is 7.80. The molecule has 0 aliphatic carbocycles. The second kappa shape index (κ2) is 10.1. The van der Waals surface area contributed by atoms with E-state index in [1.807, 2.05) is 48.5 Å². The van der Waals surface area contributed by atoms with Gasteiger partial charge in [0.05, 0.1) is 5.75 Å². The first kappa shape index (κ1) is 18.5. The van der Waals surface area contributed by atoms with Gasteiger partial charge in [0, 0.05) is 33.0 Å². The Hall–Kier alpha value is -0.810. The van der Waals surface area contributed by atoms with Gasteiger partial charge in [-0.25, -0.2) is 0 Å². The van der Waals surface area contributed by atoms with Gasteiger partial charge < -0.3 is 5.32 Å². The third kappa shape index (κ3) is 7.53. The normalized spacial score (nSPS) is 10.5. The molecule has 1 amide bonds. The summed E-state index contributed by atoms with van der Waals surface area (Å²) in [7, 11) is 0. The molecule has 0 spiro atoms. The van der Waals surface area contributed by atoms with Gasteiger partial charge in [-0.05, 0) is 42.0 Å². The summed E-state index contributed by atoms with van der Waals surface area (Å²) in [6.45, 7) is 0.679. The van der Waals surface area contributed by atoms with E-state index in [0.717, 1.165) is 21.4 Å². The Labute approximate surface area is 155 Å². The summed E-state index contributed by atoms with van der Waals surface area (Å²) >= 11 is 15.0. The highest BCUT2D eigenvalue weighted by atomic mass is 35.5. The Kier molecular flexibility index (Phi) is 8.17. The van der Waals surface area contributed by atoms with Crippen LogP contribution in [0, 0.1) is 0 Å². The van der Waals surface area contributed by atoms with Crippen molar-refractivity contribution in [3.8, 4) is 0 Å². The number of carbonyl (C=O) groups is 1. The van der Waals surface area contributed by atoms with E-state index in [0.29, 0.717) is 17.3 Å². The Bertz CT molecular complexity index is 617. The minimum absolute atomic E-state index is 0.0528. The molecule has 0 unspecified atom stereocenters. The van der Waals surface area contributed by atoms with Gasteiger partial charge in [0.15, 0.2) is 0 Å². The van der Waals surface area contributed by atoms with Crippen molar-refractivity contribution < 1.29 is 4.79 Å². The van der Waals surface area contributed by atoms with E-state index < -0.39 is 0 Å². The molecule has 0 aromatic heterocycles. The number of hydrogen-bond donors (Lipinski definition) is 1. The molecule has 0 fully saturated rings. The first-order valence-corrected chi connectivity index (χ1v) is 10.0. The zero-order valence-corrected chi connectivity index (χ0v) is 15.6. The summed E-state index contributed by atoms with van der Waals surface area (Å²) in [5.74, 6) is 2.28. The molecule has 0 saturated carbocycles. The summed E-state index contributed by atoms with van der Waals surface area (Å²) in [6, 6.07) is 15.3. The van der Waals surface area contributed by atoms with Gasteiger partial charge in [0.25, 0.3) is 0 Å². The van der Waals surface area contributed by atoms with Crippen LogP contribution in [0.2, 0.25) is 10.0 Å². The number of benzene rings is 2. The van der Waals surface area contributed by atoms with Crippen molar-refractivity contribution in [2.75, 3.05) is 18.1 Å². The SMILES string of the molecule is O=C(CSc1ccc(Cl)cc1)NCCSCc1ccc(Cl)cc1. The summed E-state index contributed by atoms with van der Waals surface area (Å²) in [6.07, 6.45) is 0. The van der Waals surface area contributed by atoms with Crippen molar-refractivity contribution in [2.45, 2.75) is 10.6 Å². The van der Waals surface area contributed by atoms with E-state index in [9.17, 15) is 4.79 Å². The number of carbonyl (C=O) groups excluding carboxylic acids is 1. The molecular formula is C17H17Cl2NOS2. The predicted octanol–water partition coefficient (Wildman–Crippen LogP) is 5.14. The molecule has 23 heavy (non-hydrogen) atoms. The first-order chi connectivity index (χ1) is 11.1. The molecule has 6 heteroatoms. The summed E-state index contributed by atoms with van der Waals surface area (Å²) in [5, 5.41) is 4.39. The van der Waals surface area contributed by atoms with Crippen LogP contribution in [0.5, 0.6) is 0 Å². The summed E-state index contributed by atoms with van der Waals surface area (Å²) in [5.41, 5.74) is 1.24. The lowest BCUT2D eigenvalue weighted by molar-refractivity contribution is -0.118. The number of hydrogen-bond acceptors (Lipinski definition) is 3. The van der Waals surface area contributed by atoms with Gasteiger partial charge in [-0.1, -0.05) is 35.3 Å². The molecule has 0 radical (unpaired) electrons. The number of amides is 1. The maximum atomic E-state index is 11.8. The molecule has 2 nitrogen and oxygen atoms in total. The van der Waals surface area contributed by atoms with E-state index >= 15 is 0 Å². The van der Waals surface area contributed by atoms with Gasteiger partial charge >= 0.3 is 0 Å². The molecule has 0 atom stereocenters. The van der Waals surface area contributed by atoms with Crippen LogP contribution in [0.4, 0.5) is 0 Å². The van der Waals surface area contributed by atoms with E-state index in [2.05, 4.69) is 5.32 Å². The Morgan fingerprint density at radius 2 is 1.57 bits per heavy atom. The lowest BCUT2D eigenvalue weighted by atomic mass is 10.2. The molecule has 0 bridgehead atoms. The van der Waals surface area contributed by atoms with Crippen LogP contribution in [0.3, 0.4) is 0 Å². The lowest BCUT2D eigenvalue weighted by Gasteiger charge is -2.06. The number of nitrogens with one attached hydrogen (secondary N) is 1. The fourth-order valence-corrected chi connectivity index (χ4v) is 3.56. The minimum atomic E-state index is 0.0528. The van der Waals surface area contributed by atoms with Crippen LogP contribution in [-0.4, -0.2) is 24.0 Å². The van der Waals surface area contributed by atoms with Crippen LogP contribution in [0.15, 0.2) is 53.4 Å². The molecule has 122 valence electrons. The van der Waals surface area contributed by atoms with Gasteiger partial charge in [-0.3, -0.25) is 4.79 Å². The van der Waals surface area contributed by atoms with E-state index in [-0.39, 0.29) is 5.91 Å². The molecule has 2 aromatic rings. The Balaban J connectivity index is 1.56. The number of halogens is 2. The first-order valence-electron chi connectivity index (χ1n) is 7.11. The Morgan fingerprint density at radius 3 is 2.22 bits per heavy atom. The molecule has 2 aromatic carbocycles. The topological polar surface area (TPSA) is 29.1 Å². The molecule has 1 N–H and O–H groups in total. The Morgan fingerprint density at radius 1 is 0.957 bits per heavy atom. The average molecular weight is 386 g/mol. The molecule has 0 aliphatic heterocycles. The molecule has 2 rings (SSSR count). The standard InChI is InChI=1S/C17H17Cl2NOS2/c18-14-3-1-13(2-4-14)11-22-10-9-20-17(21)12-23-16-7-5-15(19)6-8-16/h1-8H,9-12H2,(H,20,21). The van der Waals surface area contributed by atoms with E-state index in [1.54, 1.807) is 11.8 Å². The molecule has 0 saturated heterocycles. The fraction of sp³-hybridized carbons (Fsp3) is 0.235. The third-order valence-electron chi connectivity index (χ3n) is 2.93. The van der Waals surface area contributed by atoms with E-state index in [4.69, 9.17) is 23.2 Å². The molecule has 0 heterocycles. The molecular weight excluding hydrogens is 369 g/mol. The summed E-state index contributed by atoms with van der Waals surface area (Å²) in [4.78, 5) is 12.8. The van der Waals surface area contributed by atoms with Crippen molar-refractivity contribution in [1.29, 1.82) is 0 Å². The number of thioether (sulfide) groups is 2. The van der Waals surface area contributed by atoms with Gasteiger partial charge in [-0.15, -0.1) is 11.8 Å². The van der Waals surface area contributed by atoms with Crippen LogP contribution < -0.4 is 5.32 Å². The summed E-state index contributed by atoms with van der Waals surface area (Å²) < 4.78 is 0. The van der Waals surface area contributed by atoms with Crippen molar-refractivity contribution in [3.63, 3.8) is 0 Å². The van der Waals surface area contributed by atoms with Crippen molar-refractivity contribution in [2.24, 2.45) is 0 Å². The zero-order chi connectivity index (χ0) is 16.5. The zero-order valence-electron chi connectivity index (χ0n) is 12.4. The monoisotopic (exact) mass is 385 g/mol. The lowest BCUT2D eigenvalue weighted by Crippen LogP contribution is -2.27. The van der Waals surface area contributed by atoms with Crippen molar-refractivity contribution >= 4 is 52.6 Å². The van der Waals surface area contributed by atoms with Gasteiger partial charge in [-0.2, -0.15) is 11.8 Å². The smallest absolute Gasteiger partial charge is 0.230 e.